The maximum Gasteiger partial charge on any atom is 0.201 e. The summed E-state index contributed by atoms with van der Waals surface area (Å²) in [6, 6.07) is 0. The van der Waals surface area contributed by atoms with E-state index in [0.29, 0.717) is 19.6 Å². The minimum absolute atomic E-state index is 0.624. The predicted molar refractivity (Wildman–Crippen MR) is 47.0 cm³/mol. The predicted octanol–water partition coefficient (Wildman–Crippen LogP) is 1.19. The first kappa shape index (κ1) is 8.47. The van der Waals surface area contributed by atoms with Gasteiger partial charge in [0.1, 0.15) is 0 Å². The zero-order valence-corrected chi connectivity index (χ0v) is 7.32. The van der Waals surface area contributed by atoms with Gasteiger partial charge in [0.2, 0.25) is 5.79 Å². The molecule has 4 nitrogen and oxygen atoms in total. The number of nitrogens with zero attached hydrogens (tertiary/aromatic N) is 1. The lowest BCUT2D eigenvalue weighted by molar-refractivity contribution is -0.162. The molecular formula is C9H12N2O2. The largest absolute Gasteiger partial charge is 0.343 e. The molecule has 4 heteroatoms. The van der Waals surface area contributed by atoms with Crippen molar-refractivity contribution in [2.24, 2.45) is 0 Å². The fourth-order valence-electron chi connectivity index (χ4n) is 1.51. The van der Waals surface area contributed by atoms with Crippen molar-refractivity contribution in [1.82, 2.24) is 10.2 Å². The van der Waals surface area contributed by atoms with E-state index in [1.165, 1.54) is 0 Å². The number of hydrogen-bond donors (Lipinski definition) is 1. The third-order valence-corrected chi connectivity index (χ3v) is 2.10. The van der Waals surface area contributed by atoms with Crippen LogP contribution in [0.1, 0.15) is 12.0 Å². The van der Waals surface area contributed by atoms with E-state index in [2.05, 4.69) is 16.8 Å². The summed E-state index contributed by atoms with van der Waals surface area (Å²) in [7, 11) is 0. The number of aromatic nitrogens is 2. The van der Waals surface area contributed by atoms with Crippen molar-refractivity contribution < 1.29 is 9.47 Å². The van der Waals surface area contributed by atoms with E-state index in [1.54, 1.807) is 18.5 Å². The second kappa shape index (κ2) is 3.32. The normalized spacial score (nSPS) is 20.3. The summed E-state index contributed by atoms with van der Waals surface area (Å²) < 4.78 is 11.1. The molecule has 1 aliphatic rings. The third-order valence-electron chi connectivity index (χ3n) is 2.10. The molecule has 0 saturated carbocycles. The van der Waals surface area contributed by atoms with Gasteiger partial charge in [0, 0.05) is 18.2 Å². The van der Waals surface area contributed by atoms with Gasteiger partial charge >= 0.3 is 0 Å². The Bertz CT molecular complexity index is 276. The zero-order valence-electron chi connectivity index (χ0n) is 7.32. The van der Waals surface area contributed by atoms with Gasteiger partial charge in [-0.1, -0.05) is 6.08 Å². The molecule has 0 atom stereocenters. The molecule has 0 unspecified atom stereocenters. The van der Waals surface area contributed by atoms with Crippen molar-refractivity contribution in [3.8, 4) is 0 Å². The number of aromatic amines is 1. The Morgan fingerprint density at radius 3 is 2.92 bits per heavy atom. The van der Waals surface area contributed by atoms with E-state index >= 15 is 0 Å². The lowest BCUT2D eigenvalue weighted by atomic mass is 10.1. The molecule has 1 aliphatic heterocycles. The summed E-state index contributed by atoms with van der Waals surface area (Å²) in [5.74, 6) is -0.644. The number of H-pyrrole nitrogens is 1. The summed E-state index contributed by atoms with van der Waals surface area (Å²) in [5, 5.41) is 6.62. The fraction of sp³-hybridized carbons (Fsp3) is 0.444. The summed E-state index contributed by atoms with van der Waals surface area (Å²) in [4.78, 5) is 0. The molecule has 2 heterocycles. The third kappa shape index (κ3) is 1.38. The highest BCUT2D eigenvalue weighted by Gasteiger charge is 2.37. The molecule has 0 radical (unpaired) electrons. The van der Waals surface area contributed by atoms with Crippen LogP contribution >= 0.6 is 0 Å². The minimum atomic E-state index is -0.644. The van der Waals surface area contributed by atoms with E-state index in [0.717, 1.165) is 5.56 Å². The van der Waals surface area contributed by atoms with E-state index in [1.807, 2.05) is 0 Å². The molecule has 0 amide bonds. The summed E-state index contributed by atoms with van der Waals surface area (Å²) in [6.07, 6.45) is 5.94. The van der Waals surface area contributed by atoms with Crippen LogP contribution in [0.2, 0.25) is 0 Å². The monoisotopic (exact) mass is 180 g/mol. The highest BCUT2D eigenvalue weighted by molar-refractivity contribution is 5.13. The first-order chi connectivity index (χ1) is 6.37. The molecule has 1 aromatic heterocycles. The van der Waals surface area contributed by atoms with Crippen LogP contribution < -0.4 is 0 Å². The molecule has 2 rings (SSSR count). The highest BCUT2D eigenvalue weighted by Crippen LogP contribution is 2.34. The molecular weight excluding hydrogens is 168 g/mol. The topological polar surface area (TPSA) is 47.1 Å². The van der Waals surface area contributed by atoms with Gasteiger partial charge in [-0.3, -0.25) is 5.10 Å². The second-order valence-corrected chi connectivity index (χ2v) is 2.93. The van der Waals surface area contributed by atoms with Crippen molar-refractivity contribution in [2.45, 2.75) is 12.2 Å². The number of rotatable bonds is 3. The van der Waals surface area contributed by atoms with Gasteiger partial charge in [0.25, 0.3) is 0 Å². The molecule has 1 aromatic rings. The summed E-state index contributed by atoms with van der Waals surface area (Å²) in [5.41, 5.74) is 0.921. The highest BCUT2D eigenvalue weighted by atomic mass is 16.7. The Kier molecular flexibility index (Phi) is 2.16. The van der Waals surface area contributed by atoms with Crippen LogP contribution in [0.15, 0.2) is 25.0 Å². The van der Waals surface area contributed by atoms with Gasteiger partial charge in [0.05, 0.1) is 19.4 Å². The van der Waals surface area contributed by atoms with Crippen LogP contribution in [0, 0.1) is 0 Å². The van der Waals surface area contributed by atoms with Gasteiger partial charge in [-0.15, -0.1) is 6.58 Å². The zero-order chi connectivity index (χ0) is 9.15. The quantitative estimate of drug-likeness (QED) is 0.710. The molecule has 1 fully saturated rings. The number of nitrogens with one attached hydrogen (secondary N) is 1. The van der Waals surface area contributed by atoms with E-state index in [9.17, 15) is 0 Å². The van der Waals surface area contributed by atoms with E-state index in [4.69, 9.17) is 9.47 Å². The van der Waals surface area contributed by atoms with Gasteiger partial charge in [-0.05, 0) is 0 Å². The lowest BCUT2D eigenvalue weighted by Gasteiger charge is -2.24. The van der Waals surface area contributed by atoms with Crippen LogP contribution in [0.5, 0.6) is 0 Å². The van der Waals surface area contributed by atoms with Gasteiger partial charge in [-0.2, -0.15) is 5.10 Å². The van der Waals surface area contributed by atoms with Crippen LogP contribution in [-0.2, 0) is 15.3 Å². The summed E-state index contributed by atoms with van der Waals surface area (Å²) >= 11 is 0. The molecule has 0 spiro atoms. The average molecular weight is 180 g/mol. The SMILES string of the molecule is C=CCC1(c2cn[nH]c2)OCCO1. The lowest BCUT2D eigenvalue weighted by Crippen LogP contribution is -2.25. The molecule has 13 heavy (non-hydrogen) atoms. The van der Waals surface area contributed by atoms with Gasteiger partial charge in [-0.25, -0.2) is 0 Å². The van der Waals surface area contributed by atoms with Crippen molar-refractivity contribution in [2.75, 3.05) is 13.2 Å². The van der Waals surface area contributed by atoms with Crippen molar-refractivity contribution in [3.63, 3.8) is 0 Å². The number of hydrogen-bond acceptors (Lipinski definition) is 3. The Morgan fingerprint density at radius 2 is 2.38 bits per heavy atom. The minimum Gasteiger partial charge on any atom is -0.343 e. The van der Waals surface area contributed by atoms with Crippen molar-refractivity contribution in [3.05, 3.63) is 30.6 Å². The van der Waals surface area contributed by atoms with E-state index < -0.39 is 5.79 Å². The van der Waals surface area contributed by atoms with Crippen LogP contribution in [-0.4, -0.2) is 23.4 Å². The van der Waals surface area contributed by atoms with Crippen LogP contribution in [0.3, 0.4) is 0 Å². The average Bonchev–Trinajstić information content (AvgIpc) is 2.73. The molecule has 0 bridgehead atoms. The van der Waals surface area contributed by atoms with Crippen LogP contribution in [0.25, 0.3) is 0 Å². The first-order valence-corrected chi connectivity index (χ1v) is 4.25. The van der Waals surface area contributed by atoms with E-state index in [-0.39, 0.29) is 0 Å². The molecule has 0 aliphatic carbocycles. The first-order valence-electron chi connectivity index (χ1n) is 4.25. The van der Waals surface area contributed by atoms with Gasteiger partial charge < -0.3 is 9.47 Å². The Labute approximate surface area is 76.5 Å². The molecule has 0 aromatic carbocycles. The molecule has 1 saturated heterocycles. The Morgan fingerprint density at radius 1 is 1.62 bits per heavy atom. The maximum atomic E-state index is 5.57. The fourth-order valence-corrected chi connectivity index (χ4v) is 1.51. The Balaban J connectivity index is 2.27. The van der Waals surface area contributed by atoms with Crippen molar-refractivity contribution in [1.29, 1.82) is 0 Å². The standard InChI is InChI=1S/C9H12N2O2/c1-2-3-9(12-4-5-13-9)8-6-10-11-7-8/h2,6-7H,1,3-5H2,(H,10,11). The maximum absolute atomic E-state index is 5.57. The molecule has 70 valence electrons. The van der Waals surface area contributed by atoms with Crippen molar-refractivity contribution >= 4 is 0 Å². The second-order valence-electron chi connectivity index (χ2n) is 2.93. The Hall–Kier alpha value is -1.13. The summed E-state index contributed by atoms with van der Waals surface area (Å²) in [6.45, 7) is 4.94. The van der Waals surface area contributed by atoms with Gasteiger partial charge in [0.15, 0.2) is 0 Å². The van der Waals surface area contributed by atoms with Crippen LogP contribution in [0.4, 0.5) is 0 Å². The number of ether oxygens (including phenoxy) is 2. The smallest absolute Gasteiger partial charge is 0.201 e. The molecule has 1 N–H and O–H groups in total.